The van der Waals surface area contributed by atoms with E-state index >= 15 is 0 Å². The molecule has 33 heavy (non-hydrogen) atoms. The van der Waals surface area contributed by atoms with Gasteiger partial charge in [-0.25, -0.2) is 0 Å². The normalized spacial score (nSPS) is 18.5. The van der Waals surface area contributed by atoms with Crippen LogP contribution in [0.15, 0.2) is 120 Å². The molecule has 5 rings (SSSR count). The van der Waals surface area contributed by atoms with E-state index in [0.29, 0.717) is 5.17 Å². The van der Waals surface area contributed by atoms with Crippen molar-refractivity contribution in [1.82, 2.24) is 0 Å². The summed E-state index contributed by atoms with van der Waals surface area (Å²) in [6.45, 7) is 2.09. The number of aryl methyl sites for hydroxylation is 1. The first-order chi connectivity index (χ1) is 16.2. The first-order valence-corrected chi connectivity index (χ1v) is 11.9. The fourth-order valence-electron chi connectivity index (χ4n) is 4.21. The number of hydrogen-bond donors (Lipinski definition) is 1. The molecule has 2 atom stereocenters. The van der Waals surface area contributed by atoms with Gasteiger partial charge in [0.25, 0.3) is 0 Å². The summed E-state index contributed by atoms with van der Waals surface area (Å²) in [5.74, 6) is 0. The lowest BCUT2D eigenvalue weighted by Gasteiger charge is -2.29. The van der Waals surface area contributed by atoms with Crippen molar-refractivity contribution in [3.63, 3.8) is 0 Å². The van der Waals surface area contributed by atoms with Crippen LogP contribution in [0, 0.1) is 12.3 Å². The molecule has 1 aliphatic rings. The van der Waals surface area contributed by atoms with E-state index < -0.39 is 0 Å². The summed E-state index contributed by atoms with van der Waals surface area (Å²) in [5, 5.41) is 9.45. The van der Waals surface area contributed by atoms with Crippen LogP contribution in [0.5, 0.6) is 0 Å². The molecule has 0 bridgehead atoms. The van der Waals surface area contributed by atoms with Crippen LogP contribution in [0.25, 0.3) is 0 Å². The van der Waals surface area contributed by atoms with Crippen LogP contribution in [-0.2, 0) is 0 Å². The van der Waals surface area contributed by atoms with Crippen LogP contribution < -0.4 is 4.90 Å². The molecule has 0 aromatic heterocycles. The smallest absolute Gasteiger partial charge is 0.162 e. The van der Waals surface area contributed by atoms with Crippen LogP contribution in [0.1, 0.15) is 22.7 Å². The van der Waals surface area contributed by atoms with Crippen LogP contribution in [-0.4, -0.2) is 16.1 Å². The zero-order chi connectivity index (χ0) is 22.6. The van der Waals surface area contributed by atoms with Gasteiger partial charge in [-0.15, -0.1) is 0 Å². The Morgan fingerprint density at radius 3 is 1.97 bits per heavy atom. The highest BCUT2D eigenvalue weighted by Gasteiger charge is 2.43. The molecule has 0 spiro atoms. The molecule has 162 valence electrons. The Hall–Kier alpha value is -3.63. The minimum atomic E-state index is -0.0458. The number of aliphatic imine (C=N–C) groups is 1. The average molecular weight is 448 g/mol. The Morgan fingerprint density at radius 2 is 1.33 bits per heavy atom. The zero-order valence-electron chi connectivity index (χ0n) is 18.4. The Labute approximate surface area is 199 Å². The number of amidine groups is 1. The Bertz CT molecular complexity index is 1250. The highest BCUT2D eigenvalue weighted by Crippen LogP contribution is 2.45. The number of hydrogen-bond acceptors (Lipinski definition) is 3. The number of rotatable bonds is 5. The highest BCUT2D eigenvalue weighted by molar-refractivity contribution is 8.15. The maximum absolute atomic E-state index is 8.95. The van der Waals surface area contributed by atoms with Crippen molar-refractivity contribution in [3.05, 3.63) is 132 Å². The van der Waals surface area contributed by atoms with Gasteiger partial charge in [-0.3, -0.25) is 10.4 Å². The third-order valence-electron chi connectivity index (χ3n) is 5.82. The maximum Gasteiger partial charge on any atom is 0.162 e. The monoisotopic (exact) mass is 447 g/mol. The minimum absolute atomic E-state index is 0.0381. The van der Waals surface area contributed by atoms with E-state index in [-0.39, 0.29) is 11.3 Å². The number of para-hydroxylation sites is 1. The lowest BCUT2D eigenvalue weighted by molar-refractivity contribution is 0.775. The summed E-state index contributed by atoms with van der Waals surface area (Å²) in [4.78, 5) is 7.30. The maximum atomic E-state index is 8.95. The molecule has 1 heterocycles. The van der Waals surface area contributed by atoms with Crippen molar-refractivity contribution in [3.8, 4) is 0 Å². The van der Waals surface area contributed by atoms with Gasteiger partial charge in [-0.1, -0.05) is 108 Å². The summed E-state index contributed by atoms with van der Waals surface area (Å²) in [5.41, 5.74) is 6.41. The first-order valence-electron chi connectivity index (χ1n) is 11.1. The quantitative estimate of drug-likeness (QED) is 0.323. The van der Waals surface area contributed by atoms with Gasteiger partial charge < -0.3 is 4.90 Å². The third-order valence-corrected chi connectivity index (χ3v) is 6.98. The molecule has 1 fully saturated rings. The Balaban J connectivity index is 1.67. The predicted octanol–water partition coefficient (Wildman–Crippen LogP) is 7.41. The fraction of sp³-hybridized carbons (Fsp3) is 0.103. The Morgan fingerprint density at radius 1 is 0.758 bits per heavy atom. The van der Waals surface area contributed by atoms with Crippen LogP contribution in [0.2, 0.25) is 0 Å². The first kappa shape index (κ1) is 21.2. The number of nitrogens with one attached hydrogen (secondary N) is 1. The van der Waals surface area contributed by atoms with Crippen molar-refractivity contribution in [1.29, 1.82) is 5.41 Å². The van der Waals surface area contributed by atoms with Gasteiger partial charge in [0.15, 0.2) is 5.17 Å². The van der Waals surface area contributed by atoms with Crippen molar-refractivity contribution in [2.75, 3.05) is 4.90 Å². The van der Waals surface area contributed by atoms with Crippen LogP contribution in [0.4, 0.5) is 11.4 Å². The van der Waals surface area contributed by atoms with E-state index in [1.54, 1.807) is 11.8 Å². The number of nitrogens with zero attached hydrogens (tertiary/aromatic N) is 2. The molecule has 4 aromatic rings. The number of thioether (sulfide) groups is 1. The highest BCUT2D eigenvalue weighted by atomic mass is 32.2. The number of anilines is 1. The molecule has 1 aliphatic heterocycles. The molecule has 1 N–H and O–H groups in total. The van der Waals surface area contributed by atoms with E-state index in [9.17, 15) is 0 Å². The van der Waals surface area contributed by atoms with Crippen LogP contribution in [0.3, 0.4) is 0 Å². The van der Waals surface area contributed by atoms with Crippen molar-refractivity contribution < 1.29 is 0 Å². The zero-order valence-corrected chi connectivity index (χ0v) is 19.2. The molecule has 3 nitrogen and oxygen atoms in total. The summed E-state index contributed by atoms with van der Waals surface area (Å²) >= 11 is 1.58. The van der Waals surface area contributed by atoms with Gasteiger partial charge in [0.2, 0.25) is 0 Å². The SMILES string of the molecule is Cc1ccc(N=C(c2ccccc2)[C@H]2SC(=N)N(c3ccccc3)[C@@H]2c2ccccc2)cc1. The minimum Gasteiger partial charge on any atom is -0.312 e. The molecular formula is C29H25N3S. The Kier molecular flexibility index (Phi) is 6.09. The largest absolute Gasteiger partial charge is 0.312 e. The molecule has 4 heteroatoms. The van der Waals surface area contributed by atoms with Gasteiger partial charge in [-0.2, -0.15) is 0 Å². The molecule has 0 radical (unpaired) electrons. The lowest BCUT2D eigenvalue weighted by atomic mass is 9.95. The molecule has 0 unspecified atom stereocenters. The lowest BCUT2D eigenvalue weighted by Crippen LogP contribution is -2.33. The topological polar surface area (TPSA) is 39.5 Å². The van der Waals surface area contributed by atoms with Crippen molar-refractivity contribution in [2.45, 2.75) is 18.2 Å². The standard InChI is InChI=1S/C29H25N3S/c1-21-17-19-24(20-18-21)31-26(22-11-5-2-6-12-22)28-27(23-13-7-3-8-14-23)32(29(30)33-28)25-15-9-4-10-16-25/h2-20,27-28,30H,1H3/t27-,28-/m1/s1. The molecular weight excluding hydrogens is 422 g/mol. The average Bonchev–Trinajstić information content (AvgIpc) is 3.22. The molecule has 4 aromatic carbocycles. The molecule has 1 saturated heterocycles. The van der Waals surface area contributed by atoms with Gasteiger partial charge >= 0.3 is 0 Å². The van der Waals surface area contributed by atoms with E-state index in [1.807, 2.05) is 30.3 Å². The van der Waals surface area contributed by atoms with Crippen LogP contribution >= 0.6 is 11.8 Å². The molecule has 0 saturated carbocycles. The summed E-state index contributed by atoms with van der Waals surface area (Å²) < 4.78 is 0. The summed E-state index contributed by atoms with van der Waals surface area (Å²) in [6.07, 6.45) is 0. The van der Waals surface area contributed by atoms with Crippen molar-refractivity contribution in [2.24, 2.45) is 4.99 Å². The van der Waals surface area contributed by atoms with E-state index in [0.717, 1.165) is 22.6 Å². The molecule has 0 aliphatic carbocycles. The second-order valence-electron chi connectivity index (χ2n) is 8.10. The van der Waals surface area contributed by atoms with Gasteiger partial charge in [0.05, 0.1) is 22.7 Å². The second kappa shape index (κ2) is 9.47. The van der Waals surface area contributed by atoms with E-state index in [4.69, 9.17) is 10.4 Å². The van der Waals surface area contributed by atoms with Gasteiger partial charge in [-0.05, 0) is 42.3 Å². The third kappa shape index (κ3) is 4.48. The van der Waals surface area contributed by atoms with E-state index in [1.165, 1.54) is 11.1 Å². The molecule has 0 amide bonds. The van der Waals surface area contributed by atoms with Gasteiger partial charge in [0, 0.05) is 5.69 Å². The summed E-state index contributed by atoms with van der Waals surface area (Å²) in [6, 6.07) is 39.4. The predicted molar refractivity (Wildman–Crippen MR) is 141 cm³/mol. The van der Waals surface area contributed by atoms with E-state index in [2.05, 4.69) is 96.8 Å². The summed E-state index contributed by atoms with van der Waals surface area (Å²) in [7, 11) is 0. The second-order valence-corrected chi connectivity index (χ2v) is 9.23. The number of benzene rings is 4. The fourth-order valence-corrected chi connectivity index (χ4v) is 5.49. The van der Waals surface area contributed by atoms with Gasteiger partial charge in [0.1, 0.15) is 0 Å². The van der Waals surface area contributed by atoms with Crippen molar-refractivity contribution >= 4 is 34.0 Å².